The molecule has 0 atom stereocenters. The summed E-state index contributed by atoms with van der Waals surface area (Å²) < 4.78 is 1.85. The third-order valence-corrected chi connectivity index (χ3v) is 4.13. The van der Waals surface area contributed by atoms with Crippen LogP contribution in [0, 0.1) is 13.8 Å². The first kappa shape index (κ1) is 12.8. The molecule has 20 heavy (non-hydrogen) atoms. The number of hydrogen-bond donors (Lipinski definition) is 2. The minimum absolute atomic E-state index is 0.0599. The number of anilines is 1. The van der Waals surface area contributed by atoms with Crippen LogP contribution in [0.3, 0.4) is 0 Å². The smallest absolute Gasteiger partial charge is 0.249 e. The summed E-state index contributed by atoms with van der Waals surface area (Å²) in [5, 5.41) is 0. The summed E-state index contributed by atoms with van der Waals surface area (Å²) in [6.07, 6.45) is 1.78. The lowest BCUT2D eigenvalue weighted by atomic mass is 9.95. The molecule has 4 heteroatoms. The Morgan fingerprint density at radius 2 is 1.65 bits per heavy atom. The van der Waals surface area contributed by atoms with E-state index in [9.17, 15) is 4.79 Å². The fraction of sp³-hybridized carbons (Fsp3) is 0.312. The van der Waals surface area contributed by atoms with E-state index >= 15 is 0 Å². The Kier molecular flexibility index (Phi) is 2.82. The second-order valence-electron chi connectivity index (χ2n) is 5.60. The Morgan fingerprint density at radius 1 is 1.10 bits per heavy atom. The van der Waals surface area contributed by atoms with Crippen molar-refractivity contribution in [2.24, 2.45) is 0 Å². The quantitative estimate of drug-likeness (QED) is 0.841. The van der Waals surface area contributed by atoms with Gasteiger partial charge in [-0.1, -0.05) is 12.1 Å². The highest BCUT2D eigenvalue weighted by Crippen LogP contribution is 2.48. The molecule has 104 valence electrons. The van der Waals surface area contributed by atoms with Crippen molar-refractivity contribution in [1.82, 2.24) is 4.68 Å². The molecular formula is C16H19N3O. The van der Waals surface area contributed by atoms with Crippen molar-refractivity contribution in [1.29, 1.82) is 0 Å². The van der Waals surface area contributed by atoms with Crippen molar-refractivity contribution in [2.75, 3.05) is 11.2 Å². The number of hydrogen-bond acceptors (Lipinski definition) is 2. The second kappa shape index (κ2) is 4.40. The van der Waals surface area contributed by atoms with Crippen LogP contribution in [0.15, 0.2) is 36.4 Å². The molecule has 1 fully saturated rings. The molecule has 4 nitrogen and oxygen atoms in total. The zero-order valence-corrected chi connectivity index (χ0v) is 11.8. The average Bonchev–Trinajstić information content (AvgIpc) is 3.18. The van der Waals surface area contributed by atoms with Crippen LogP contribution in [0.2, 0.25) is 0 Å². The summed E-state index contributed by atoms with van der Waals surface area (Å²) in [5.74, 6) is 0.0599. The van der Waals surface area contributed by atoms with E-state index in [2.05, 4.69) is 5.43 Å². The lowest BCUT2D eigenvalue weighted by Crippen LogP contribution is -2.34. The van der Waals surface area contributed by atoms with Crippen LogP contribution in [0.4, 0.5) is 5.69 Å². The Labute approximate surface area is 118 Å². The first-order chi connectivity index (χ1) is 9.53. The highest BCUT2D eigenvalue weighted by atomic mass is 16.2. The fourth-order valence-corrected chi connectivity index (χ4v) is 2.63. The highest BCUT2D eigenvalue weighted by molar-refractivity contribution is 5.97. The number of rotatable bonds is 3. The van der Waals surface area contributed by atoms with Crippen molar-refractivity contribution < 1.29 is 4.79 Å². The summed E-state index contributed by atoms with van der Waals surface area (Å²) in [6.45, 7) is 3.96. The molecule has 3 rings (SSSR count). The van der Waals surface area contributed by atoms with E-state index in [1.165, 1.54) is 0 Å². The minimum atomic E-state index is -0.378. The lowest BCUT2D eigenvalue weighted by Gasteiger charge is -2.18. The molecule has 1 aromatic carbocycles. The number of carbonyl (C=O) groups excluding carboxylic acids is 1. The molecule has 1 heterocycles. The Morgan fingerprint density at radius 3 is 2.15 bits per heavy atom. The summed E-state index contributed by atoms with van der Waals surface area (Å²) >= 11 is 0. The summed E-state index contributed by atoms with van der Waals surface area (Å²) in [4.78, 5) is 12.6. The largest absolute Gasteiger partial charge is 0.399 e. The van der Waals surface area contributed by atoms with Gasteiger partial charge in [-0.25, -0.2) is 0 Å². The summed E-state index contributed by atoms with van der Waals surface area (Å²) in [6, 6.07) is 11.6. The number of nitrogens with zero attached hydrogens (tertiary/aromatic N) is 1. The van der Waals surface area contributed by atoms with Gasteiger partial charge in [0, 0.05) is 17.1 Å². The van der Waals surface area contributed by atoms with Crippen molar-refractivity contribution in [2.45, 2.75) is 32.1 Å². The molecule has 0 radical (unpaired) electrons. The van der Waals surface area contributed by atoms with Gasteiger partial charge in [0.15, 0.2) is 0 Å². The third-order valence-electron chi connectivity index (χ3n) is 4.13. The maximum absolute atomic E-state index is 12.6. The summed E-state index contributed by atoms with van der Waals surface area (Å²) in [5.41, 5.74) is 12.2. The molecule has 3 N–H and O–H groups in total. The number of nitrogens with one attached hydrogen (secondary N) is 1. The van der Waals surface area contributed by atoms with Crippen LogP contribution in [0.1, 0.15) is 29.8 Å². The van der Waals surface area contributed by atoms with E-state index in [0.717, 1.165) is 35.5 Å². The summed E-state index contributed by atoms with van der Waals surface area (Å²) in [7, 11) is 0. The van der Waals surface area contributed by atoms with Gasteiger partial charge < -0.3 is 5.73 Å². The molecule has 1 aliphatic carbocycles. The number of benzene rings is 1. The fourth-order valence-electron chi connectivity index (χ4n) is 2.63. The zero-order valence-electron chi connectivity index (χ0n) is 11.8. The maximum Gasteiger partial charge on any atom is 0.249 e. The lowest BCUT2D eigenvalue weighted by molar-refractivity contribution is -0.119. The molecule has 1 amide bonds. The third kappa shape index (κ3) is 1.97. The van der Waals surface area contributed by atoms with E-state index in [4.69, 9.17) is 5.73 Å². The van der Waals surface area contributed by atoms with Gasteiger partial charge in [0.2, 0.25) is 5.91 Å². The van der Waals surface area contributed by atoms with Gasteiger partial charge in [0.05, 0.1) is 5.41 Å². The number of amides is 1. The second-order valence-corrected chi connectivity index (χ2v) is 5.60. The van der Waals surface area contributed by atoms with E-state index < -0.39 is 0 Å². The highest BCUT2D eigenvalue weighted by Gasteiger charge is 2.51. The van der Waals surface area contributed by atoms with E-state index in [-0.39, 0.29) is 11.3 Å². The van der Waals surface area contributed by atoms with Gasteiger partial charge in [0.25, 0.3) is 0 Å². The maximum atomic E-state index is 12.6. The van der Waals surface area contributed by atoms with Crippen LogP contribution in [-0.2, 0) is 10.2 Å². The first-order valence-electron chi connectivity index (χ1n) is 6.85. The molecular weight excluding hydrogens is 250 g/mol. The molecule has 1 aromatic heterocycles. The molecule has 2 aromatic rings. The predicted octanol–water partition coefficient (Wildman–Crippen LogP) is 2.49. The van der Waals surface area contributed by atoms with E-state index in [1.54, 1.807) is 0 Å². The van der Waals surface area contributed by atoms with Crippen LogP contribution < -0.4 is 11.2 Å². The number of aromatic nitrogens is 1. The van der Waals surface area contributed by atoms with E-state index in [0.29, 0.717) is 0 Å². The van der Waals surface area contributed by atoms with Gasteiger partial charge in [0.1, 0.15) is 0 Å². The molecule has 0 spiro atoms. The Hall–Kier alpha value is -2.23. The van der Waals surface area contributed by atoms with Crippen LogP contribution >= 0.6 is 0 Å². The standard InChI is InChI=1S/C16H19N3O/c1-11-3-4-12(2)19(11)18-15(20)16(9-10-16)13-5-7-14(17)8-6-13/h3-8H,9-10,17H2,1-2H3,(H,18,20). The minimum Gasteiger partial charge on any atom is -0.399 e. The van der Waals surface area contributed by atoms with Gasteiger partial charge >= 0.3 is 0 Å². The number of nitrogens with two attached hydrogens (primary N) is 1. The van der Waals surface area contributed by atoms with Gasteiger partial charge in [-0.2, -0.15) is 0 Å². The predicted molar refractivity (Wildman–Crippen MR) is 80.0 cm³/mol. The number of nitrogen functional groups attached to an aromatic ring is 1. The number of carbonyl (C=O) groups is 1. The van der Waals surface area contributed by atoms with Gasteiger partial charge in [-0.05, 0) is 56.5 Å². The Bertz CT molecular complexity index is 631. The topological polar surface area (TPSA) is 60.0 Å². The molecule has 0 unspecified atom stereocenters. The van der Waals surface area contributed by atoms with Crippen molar-refractivity contribution in [3.8, 4) is 0 Å². The molecule has 1 aliphatic rings. The van der Waals surface area contributed by atoms with Gasteiger partial charge in [-0.15, -0.1) is 0 Å². The molecule has 0 saturated heterocycles. The first-order valence-corrected chi connectivity index (χ1v) is 6.85. The van der Waals surface area contributed by atoms with Crippen LogP contribution in [0.25, 0.3) is 0 Å². The Balaban J connectivity index is 1.85. The zero-order chi connectivity index (χ0) is 14.3. The van der Waals surface area contributed by atoms with Crippen LogP contribution in [-0.4, -0.2) is 10.6 Å². The SMILES string of the molecule is Cc1ccc(C)n1NC(=O)C1(c2ccc(N)cc2)CC1. The van der Waals surface area contributed by atoms with Crippen molar-refractivity contribution in [3.63, 3.8) is 0 Å². The normalized spacial score (nSPS) is 15.9. The van der Waals surface area contributed by atoms with Crippen molar-refractivity contribution in [3.05, 3.63) is 53.3 Å². The molecule has 0 bridgehead atoms. The van der Waals surface area contributed by atoms with Crippen molar-refractivity contribution >= 4 is 11.6 Å². The number of aryl methyl sites for hydroxylation is 2. The molecule has 0 aliphatic heterocycles. The average molecular weight is 269 g/mol. The van der Waals surface area contributed by atoms with Gasteiger partial charge in [-0.3, -0.25) is 14.9 Å². The van der Waals surface area contributed by atoms with Crippen LogP contribution in [0.5, 0.6) is 0 Å². The molecule has 1 saturated carbocycles. The monoisotopic (exact) mass is 269 g/mol. The van der Waals surface area contributed by atoms with E-state index in [1.807, 2.05) is 54.9 Å².